The lowest BCUT2D eigenvalue weighted by atomic mass is 10.2. The number of hydrogen-bond acceptors (Lipinski definition) is 6. The van der Waals surface area contributed by atoms with E-state index in [0.717, 1.165) is 18.8 Å². The Labute approximate surface area is 201 Å². The summed E-state index contributed by atoms with van der Waals surface area (Å²) < 4.78 is 25.7. The molecule has 0 N–H and O–H groups in total. The number of halogens is 1. The molecular formula is C26H24FN3O3S. The van der Waals surface area contributed by atoms with Crippen molar-refractivity contribution in [1.82, 2.24) is 9.88 Å². The third kappa shape index (κ3) is 5.25. The fourth-order valence-electron chi connectivity index (χ4n) is 3.80. The van der Waals surface area contributed by atoms with Crippen LogP contribution in [0.2, 0.25) is 0 Å². The number of rotatable bonds is 7. The summed E-state index contributed by atoms with van der Waals surface area (Å²) in [6.07, 6.45) is 0. The van der Waals surface area contributed by atoms with Crippen LogP contribution in [0.5, 0.6) is 11.5 Å². The molecule has 3 aromatic carbocycles. The molecule has 174 valence electrons. The number of hydrogen-bond donors (Lipinski definition) is 0. The minimum atomic E-state index is -0.317. The normalized spacial score (nSPS) is 14.3. The Morgan fingerprint density at radius 1 is 1.03 bits per heavy atom. The Kier molecular flexibility index (Phi) is 6.80. The maximum atomic E-state index is 13.7. The molecule has 4 aromatic rings. The molecule has 0 unspecified atom stereocenters. The standard InChI is InChI=1S/C26H24FN3O3S/c27-20-8-11-23-24(18-20)34-26(28-23)30(13-12-29-14-16-32-17-15-29)25(31)19-6-9-22(10-7-19)33-21-4-2-1-3-5-21/h1-11,18H,12-17H2. The van der Waals surface area contributed by atoms with E-state index in [0.29, 0.717) is 53.0 Å². The van der Waals surface area contributed by atoms with E-state index in [1.165, 1.54) is 23.5 Å². The molecule has 1 aromatic heterocycles. The van der Waals surface area contributed by atoms with Crippen LogP contribution in [0.15, 0.2) is 72.8 Å². The number of para-hydroxylation sites is 1. The smallest absolute Gasteiger partial charge is 0.260 e. The third-order valence-corrected chi connectivity index (χ3v) is 6.68. The van der Waals surface area contributed by atoms with Gasteiger partial charge in [-0.15, -0.1) is 0 Å². The highest BCUT2D eigenvalue weighted by Gasteiger charge is 2.23. The second kappa shape index (κ2) is 10.3. The van der Waals surface area contributed by atoms with Gasteiger partial charge in [-0.2, -0.15) is 0 Å². The molecule has 8 heteroatoms. The molecule has 0 spiro atoms. The van der Waals surface area contributed by atoms with Gasteiger partial charge in [0.1, 0.15) is 17.3 Å². The lowest BCUT2D eigenvalue weighted by molar-refractivity contribution is 0.0391. The van der Waals surface area contributed by atoms with E-state index in [-0.39, 0.29) is 11.7 Å². The molecule has 0 atom stereocenters. The number of amides is 1. The number of carbonyl (C=O) groups excluding carboxylic acids is 1. The highest BCUT2D eigenvalue weighted by atomic mass is 32.1. The van der Waals surface area contributed by atoms with Gasteiger partial charge in [-0.25, -0.2) is 9.37 Å². The fraction of sp³-hybridized carbons (Fsp3) is 0.231. The number of carbonyl (C=O) groups is 1. The minimum Gasteiger partial charge on any atom is -0.457 e. The summed E-state index contributed by atoms with van der Waals surface area (Å²) in [5.74, 6) is 0.912. The highest BCUT2D eigenvalue weighted by Crippen LogP contribution is 2.31. The van der Waals surface area contributed by atoms with Crippen LogP contribution in [0, 0.1) is 5.82 Å². The molecule has 2 heterocycles. The summed E-state index contributed by atoms with van der Waals surface area (Å²) in [5, 5.41) is 0.559. The number of morpholine rings is 1. The first-order chi connectivity index (χ1) is 16.7. The molecule has 1 aliphatic heterocycles. The third-order valence-electron chi connectivity index (χ3n) is 5.64. The highest BCUT2D eigenvalue weighted by molar-refractivity contribution is 7.22. The minimum absolute atomic E-state index is 0.154. The van der Waals surface area contributed by atoms with Gasteiger partial charge in [0.05, 0.1) is 23.4 Å². The Hall–Kier alpha value is -3.33. The van der Waals surface area contributed by atoms with E-state index >= 15 is 0 Å². The number of aromatic nitrogens is 1. The number of benzene rings is 3. The second-order valence-corrected chi connectivity index (χ2v) is 8.97. The number of ether oxygens (including phenoxy) is 2. The van der Waals surface area contributed by atoms with Gasteiger partial charge in [0.2, 0.25) is 0 Å². The van der Waals surface area contributed by atoms with E-state index in [9.17, 15) is 9.18 Å². The summed E-state index contributed by atoms with van der Waals surface area (Å²) in [7, 11) is 0. The average Bonchev–Trinajstić information content (AvgIpc) is 3.28. The monoisotopic (exact) mass is 477 g/mol. The van der Waals surface area contributed by atoms with Crippen molar-refractivity contribution in [3.63, 3.8) is 0 Å². The topological polar surface area (TPSA) is 54.9 Å². The van der Waals surface area contributed by atoms with E-state index < -0.39 is 0 Å². The first-order valence-corrected chi connectivity index (χ1v) is 12.0. The van der Waals surface area contributed by atoms with Crippen LogP contribution < -0.4 is 9.64 Å². The molecule has 0 aliphatic carbocycles. The molecule has 1 aliphatic rings. The van der Waals surface area contributed by atoms with Gasteiger partial charge in [0.25, 0.3) is 5.91 Å². The van der Waals surface area contributed by atoms with Crippen molar-refractivity contribution in [2.24, 2.45) is 0 Å². The molecule has 0 radical (unpaired) electrons. The van der Waals surface area contributed by atoms with Gasteiger partial charge in [0.15, 0.2) is 5.13 Å². The number of thiazole rings is 1. The Bertz CT molecular complexity index is 1260. The van der Waals surface area contributed by atoms with Crippen LogP contribution in [0.3, 0.4) is 0 Å². The van der Waals surface area contributed by atoms with Crippen LogP contribution >= 0.6 is 11.3 Å². The Balaban J connectivity index is 1.38. The number of fused-ring (bicyclic) bond motifs is 1. The van der Waals surface area contributed by atoms with Gasteiger partial charge in [-0.05, 0) is 54.6 Å². The Morgan fingerprint density at radius 2 is 1.76 bits per heavy atom. The molecule has 5 rings (SSSR count). The molecule has 0 saturated carbocycles. The summed E-state index contributed by atoms with van der Waals surface area (Å²) in [6.45, 7) is 4.23. The van der Waals surface area contributed by atoms with Crippen LogP contribution in [0.4, 0.5) is 9.52 Å². The van der Waals surface area contributed by atoms with Crippen LogP contribution in [-0.2, 0) is 4.74 Å². The molecule has 1 fully saturated rings. The maximum absolute atomic E-state index is 13.7. The van der Waals surface area contributed by atoms with Crippen molar-refractivity contribution in [3.8, 4) is 11.5 Å². The summed E-state index contributed by atoms with van der Waals surface area (Å²) in [4.78, 5) is 22.1. The van der Waals surface area contributed by atoms with Gasteiger partial charge >= 0.3 is 0 Å². The summed E-state index contributed by atoms with van der Waals surface area (Å²) in [6, 6.07) is 21.1. The fourth-order valence-corrected chi connectivity index (χ4v) is 4.81. The van der Waals surface area contributed by atoms with Crippen molar-refractivity contribution in [2.45, 2.75) is 0 Å². The zero-order valence-electron chi connectivity index (χ0n) is 18.5. The lowest BCUT2D eigenvalue weighted by Crippen LogP contribution is -2.43. The number of anilines is 1. The van der Waals surface area contributed by atoms with Crippen molar-refractivity contribution in [2.75, 3.05) is 44.3 Å². The summed E-state index contributed by atoms with van der Waals surface area (Å²) >= 11 is 1.32. The average molecular weight is 478 g/mol. The zero-order valence-corrected chi connectivity index (χ0v) is 19.3. The van der Waals surface area contributed by atoms with E-state index in [2.05, 4.69) is 9.88 Å². The molecule has 34 heavy (non-hydrogen) atoms. The molecule has 6 nitrogen and oxygen atoms in total. The SMILES string of the molecule is O=C(c1ccc(Oc2ccccc2)cc1)N(CCN1CCOCC1)c1nc2ccc(F)cc2s1. The maximum Gasteiger partial charge on any atom is 0.260 e. The molecule has 0 bridgehead atoms. The molecular weight excluding hydrogens is 453 g/mol. The van der Waals surface area contributed by atoms with Crippen molar-refractivity contribution < 1.29 is 18.7 Å². The molecule has 1 saturated heterocycles. The van der Waals surface area contributed by atoms with Crippen molar-refractivity contribution >= 4 is 32.6 Å². The predicted octanol–water partition coefficient (Wildman–Crippen LogP) is 5.21. The van der Waals surface area contributed by atoms with Gasteiger partial charge in [0, 0.05) is 31.7 Å². The van der Waals surface area contributed by atoms with Crippen molar-refractivity contribution in [3.05, 3.63) is 84.2 Å². The predicted molar refractivity (Wildman–Crippen MR) is 131 cm³/mol. The van der Waals surface area contributed by atoms with E-state index in [1.807, 2.05) is 30.3 Å². The van der Waals surface area contributed by atoms with Crippen LogP contribution in [-0.4, -0.2) is 55.2 Å². The van der Waals surface area contributed by atoms with E-state index in [1.54, 1.807) is 35.2 Å². The first-order valence-electron chi connectivity index (χ1n) is 11.2. The van der Waals surface area contributed by atoms with Crippen LogP contribution in [0.1, 0.15) is 10.4 Å². The van der Waals surface area contributed by atoms with Gasteiger partial charge in [-0.1, -0.05) is 29.5 Å². The second-order valence-electron chi connectivity index (χ2n) is 7.96. The first kappa shape index (κ1) is 22.5. The Morgan fingerprint density at radius 3 is 2.53 bits per heavy atom. The van der Waals surface area contributed by atoms with Gasteiger partial charge in [-0.3, -0.25) is 14.6 Å². The largest absolute Gasteiger partial charge is 0.457 e. The van der Waals surface area contributed by atoms with Gasteiger partial charge < -0.3 is 9.47 Å². The zero-order chi connectivity index (χ0) is 23.3. The summed E-state index contributed by atoms with van der Waals surface area (Å²) in [5.41, 5.74) is 1.21. The lowest BCUT2D eigenvalue weighted by Gasteiger charge is -2.29. The van der Waals surface area contributed by atoms with E-state index in [4.69, 9.17) is 9.47 Å². The quantitative estimate of drug-likeness (QED) is 0.366. The molecule has 1 amide bonds. The number of nitrogens with zero attached hydrogens (tertiary/aromatic N) is 3. The van der Waals surface area contributed by atoms with Crippen LogP contribution in [0.25, 0.3) is 10.2 Å². The van der Waals surface area contributed by atoms with Crippen molar-refractivity contribution in [1.29, 1.82) is 0 Å².